The smallest absolute Gasteiger partial charge is 0.0690 e. The highest BCUT2D eigenvalue weighted by Crippen LogP contribution is 2.36. The van der Waals surface area contributed by atoms with E-state index in [0.717, 1.165) is 38.5 Å². The van der Waals surface area contributed by atoms with Crippen molar-refractivity contribution in [2.75, 3.05) is 0 Å². The maximum atomic E-state index is 10.4. The van der Waals surface area contributed by atoms with Crippen LogP contribution in [0.1, 0.15) is 52.4 Å². The Morgan fingerprint density at radius 1 is 1.46 bits per heavy atom. The molecule has 0 aliphatic heterocycles. The van der Waals surface area contributed by atoms with Crippen molar-refractivity contribution in [3.8, 4) is 0 Å². The summed E-state index contributed by atoms with van der Waals surface area (Å²) in [6, 6.07) is 0.222. The van der Waals surface area contributed by atoms with Crippen molar-refractivity contribution in [3.05, 3.63) is 0 Å². The summed E-state index contributed by atoms with van der Waals surface area (Å²) < 4.78 is 0. The van der Waals surface area contributed by atoms with E-state index >= 15 is 0 Å². The fourth-order valence-corrected chi connectivity index (χ4v) is 2.75. The van der Waals surface area contributed by atoms with Crippen LogP contribution in [0.3, 0.4) is 0 Å². The van der Waals surface area contributed by atoms with E-state index in [4.69, 9.17) is 5.73 Å². The van der Waals surface area contributed by atoms with Gasteiger partial charge < -0.3 is 10.8 Å². The third-order valence-corrected chi connectivity index (χ3v) is 3.55. The molecule has 0 spiro atoms. The maximum Gasteiger partial charge on any atom is 0.0690 e. The van der Waals surface area contributed by atoms with E-state index in [2.05, 4.69) is 13.8 Å². The standard InChI is InChI=1S/C11H23NO/c1-3-9(4-2)11(13)7-5-6-10(12)8-11/h9-10,13H,3-8,12H2,1-2H3. The Balaban J connectivity index is 2.61. The first-order valence-corrected chi connectivity index (χ1v) is 5.60. The van der Waals surface area contributed by atoms with Gasteiger partial charge in [-0.15, -0.1) is 0 Å². The van der Waals surface area contributed by atoms with E-state index in [1.54, 1.807) is 0 Å². The Kier molecular flexibility index (Phi) is 3.74. The zero-order valence-corrected chi connectivity index (χ0v) is 8.92. The number of hydrogen-bond acceptors (Lipinski definition) is 2. The van der Waals surface area contributed by atoms with Crippen LogP contribution in [0, 0.1) is 5.92 Å². The largest absolute Gasteiger partial charge is 0.390 e. The van der Waals surface area contributed by atoms with Gasteiger partial charge in [0.15, 0.2) is 0 Å². The van der Waals surface area contributed by atoms with Gasteiger partial charge in [-0.1, -0.05) is 26.7 Å². The fraction of sp³-hybridized carbons (Fsp3) is 1.00. The number of hydrogen-bond donors (Lipinski definition) is 2. The fourth-order valence-electron chi connectivity index (χ4n) is 2.75. The first kappa shape index (κ1) is 11.0. The lowest BCUT2D eigenvalue weighted by Gasteiger charge is -2.41. The molecule has 0 saturated heterocycles. The first-order valence-electron chi connectivity index (χ1n) is 5.60. The lowest BCUT2D eigenvalue weighted by atomic mass is 9.72. The van der Waals surface area contributed by atoms with Crippen molar-refractivity contribution in [1.29, 1.82) is 0 Å². The van der Waals surface area contributed by atoms with E-state index in [1.807, 2.05) is 0 Å². The first-order chi connectivity index (χ1) is 6.12. The minimum atomic E-state index is -0.457. The summed E-state index contributed by atoms with van der Waals surface area (Å²) in [5.41, 5.74) is 5.44. The lowest BCUT2D eigenvalue weighted by molar-refractivity contribution is -0.0568. The lowest BCUT2D eigenvalue weighted by Crippen LogP contribution is -2.46. The average molecular weight is 185 g/mol. The minimum Gasteiger partial charge on any atom is -0.390 e. The highest BCUT2D eigenvalue weighted by molar-refractivity contribution is 4.92. The quantitative estimate of drug-likeness (QED) is 0.707. The van der Waals surface area contributed by atoms with Crippen LogP contribution in [0.25, 0.3) is 0 Å². The van der Waals surface area contributed by atoms with E-state index in [-0.39, 0.29) is 6.04 Å². The zero-order chi connectivity index (χ0) is 9.90. The van der Waals surface area contributed by atoms with Crippen molar-refractivity contribution in [3.63, 3.8) is 0 Å². The molecule has 0 aromatic heterocycles. The Hall–Kier alpha value is -0.0800. The Morgan fingerprint density at radius 3 is 2.54 bits per heavy atom. The maximum absolute atomic E-state index is 10.4. The highest BCUT2D eigenvalue weighted by Gasteiger charge is 2.38. The van der Waals surface area contributed by atoms with Gasteiger partial charge in [-0.2, -0.15) is 0 Å². The Morgan fingerprint density at radius 2 is 2.08 bits per heavy atom. The second-order valence-corrected chi connectivity index (χ2v) is 4.47. The van der Waals surface area contributed by atoms with E-state index < -0.39 is 5.60 Å². The van der Waals surface area contributed by atoms with E-state index in [0.29, 0.717) is 5.92 Å². The normalized spacial score (nSPS) is 35.3. The van der Waals surface area contributed by atoms with Gasteiger partial charge in [0, 0.05) is 6.04 Å². The molecule has 1 aliphatic rings. The second kappa shape index (κ2) is 4.43. The molecular formula is C11H23NO. The van der Waals surface area contributed by atoms with Crippen LogP contribution in [0.2, 0.25) is 0 Å². The summed E-state index contributed by atoms with van der Waals surface area (Å²) >= 11 is 0. The molecule has 0 bridgehead atoms. The summed E-state index contributed by atoms with van der Waals surface area (Å²) in [7, 11) is 0. The van der Waals surface area contributed by atoms with Gasteiger partial charge >= 0.3 is 0 Å². The van der Waals surface area contributed by atoms with Gasteiger partial charge in [0.2, 0.25) is 0 Å². The third-order valence-electron chi connectivity index (χ3n) is 3.55. The predicted molar refractivity (Wildman–Crippen MR) is 55.5 cm³/mol. The number of rotatable bonds is 3. The predicted octanol–water partition coefficient (Wildman–Crippen LogP) is 2.05. The summed E-state index contributed by atoms with van der Waals surface area (Å²) in [5, 5.41) is 10.4. The molecule has 3 N–H and O–H groups in total. The van der Waals surface area contributed by atoms with Gasteiger partial charge in [-0.05, 0) is 31.6 Å². The molecular weight excluding hydrogens is 162 g/mol. The van der Waals surface area contributed by atoms with Crippen molar-refractivity contribution in [1.82, 2.24) is 0 Å². The molecule has 2 unspecified atom stereocenters. The van der Waals surface area contributed by atoms with Crippen LogP contribution in [0.15, 0.2) is 0 Å². The van der Waals surface area contributed by atoms with Gasteiger partial charge in [-0.25, -0.2) is 0 Å². The molecule has 0 amide bonds. The van der Waals surface area contributed by atoms with Crippen molar-refractivity contribution >= 4 is 0 Å². The molecule has 1 saturated carbocycles. The monoisotopic (exact) mass is 185 g/mol. The summed E-state index contributed by atoms with van der Waals surface area (Å²) in [6.45, 7) is 4.32. The van der Waals surface area contributed by atoms with Gasteiger partial charge in [0.1, 0.15) is 0 Å². The van der Waals surface area contributed by atoms with Crippen LogP contribution in [0.5, 0.6) is 0 Å². The molecule has 1 aliphatic carbocycles. The van der Waals surface area contributed by atoms with E-state index in [1.165, 1.54) is 0 Å². The van der Waals surface area contributed by atoms with Crippen molar-refractivity contribution in [2.24, 2.45) is 11.7 Å². The second-order valence-electron chi connectivity index (χ2n) is 4.47. The van der Waals surface area contributed by atoms with Crippen molar-refractivity contribution < 1.29 is 5.11 Å². The molecule has 0 aromatic rings. The zero-order valence-electron chi connectivity index (χ0n) is 8.92. The molecule has 0 heterocycles. The molecule has 0 aromatic carbocycles. The van der Waals surface area contributed by atoms with Crippen LogP contribution in [-0.2, 0) is 0 Å². The van der Waals surface area contributed by atoms with Gasteiger partial charge in [0.25, 0.3) is 0 Å². The van der Waals surface area contributed by atoms with Crippen LogP contribution in [0.4, 0.5) is 0 Å². The molecule has 2 atom stereocenters. The summed E-state index contributed by atoms with van der Waals surface area (Å²) in [4.78, 5) is 0. The van der Waals surface area contributed by atoms with Crippen molar-refractivity contribution in [2.45, 2.75) is 64.0 Å². The summed E-state index contributed by atoms with van der Waals surface area (Å²) in [6.07, 6.45) is 6.07. The summed E-state index contributed by atoms with van der Waals surface area (Å²) in [5.74, 6) is 0.443. The molecule has 2 nitrogen and oxygen atoms in total. The van der Waals surface area contributed by atoms with Crippen LogP contribution >= 0.6 is 0 Å². The van der Waals surface area contributed by atoms with Crippen LogP contribution in [-0.4, -0.2) is 16.7 Å². The molecule has 1 rings (SSSR count). The van der Waals surface area contributed by atoms with E-state index in [9.17, 15) is 5.11 Å². The SMILES string of the molecule is CCC(CC)C1(O)CCCC(N)C1. The van der Waals surface area contributed by atoms with Gasteiger partial charge in [-0.3, -0.25) is 0 Å². The molecule has 2 heteroatoms. The molecule has 78 valence electrons. The molecule has 13 heavy (non-hydrogen) atoms. The Bertz CT molecular complexity index is 156. The highest BCUT2D eigenvalue weighted by atomic mass is 16.3. The topological polar surface area (TPSA) is 46.2 Å². The molecule has 0 radical (unpaired) electrons. The minimum absolute atomic E-state index is 0.222. The average Bonchev–Trinajstić information content (AvgIpc) is 2.05. The van der Waals surface area contributed by atoms with Crippen LogP contribution < -0.4 is 5.73 Å². The Labute approximate surface area is 81.5 Å². The number of aliphatic hydroxyl groups is 1. The number of nitrogens with two attached hydrogens (primary N) is 1. The van der Waals surface area contributed by atoms with Gasteiger partial charge in [0.05, 0.1) is 5.60 Å². The third kappa shape index (κ3) is 2.44. The molecule has 1 fully saturated rings.